The molecule has 1 fully saturated rings. The molecule has 3 heterocycles. The van der Waals surface area contributed by atoms with Crippen molar-refractivity contribution in [3.05, 3.63) is 18.7 Å². The molecule has 1 saturated heterocycles. The number of likely N-dealkylation sites (N-methyl/N-ethyl adjacent to an activating group) is 1. The van der Waals surface area contributed by atoms with E-state index < -0.39 is 0 Å². The van der Waals surface area contributed by atoms with Gasteiger partial charge in [0.25, 0.3) is 0 Å². The van der Waals surface area contributed by atoms with Crippen LogP contribution in [0.3, 0.4) is 0 Å². The first-order valence-electron chi connectivity index (χ1n) is 6.03. The van der Waals surface area contributed by atoms with Gasteiger partial charge in [-0.3, -0.25) is 4.40 Å². The van der Waals surface area contributed by atoms with Crippen molar-refractivity contribution in [2.24, 2.45) is 0 Å². The number of ether oxygens (including phenoxy) is 1. The molecular formula is C11H16N6O. The van der Waals surface area contributed by atoms with Crippen LogP contribution in [0.5, 0.6) is 0 Å². The van der Waals surface area contributed by atoms with Gasteiger partial charge in [-0.15, -0.1) is 10.2 Å². The summed E-state index contributed by atoms with van der Waals surface area (Å²) in [5, 5.41) is 11.2. The van der Waals surface area contributed by atoms with Gasteiger partial charge in [0.2, 0.25) is 5.65 Å². The highest BCUT2D eigenvalue weighted by Crippen LogP contribution is 2.20. The molecule has 1 aliphatic rings. The van der Waals surface area contributed by atoms with Crippen LogP contribution in [0, 0.1) is 0 Å². The van der Waals surface area contributed by atoms with Crippen LogP contribution in [0.25, 0.3) is 5.65 Å². The van der Waals surface area contributed by atoms with E-state index in [1.165, 1.54) is 0 Å². The van der Waals surface area contributed by atoms with Crippen LogP contribution in [0.4, 0.5) is 5.82 Å². The topological polar surface area (TPSA) is 67.6 Å². The van der Waals surface area contributed by atoms with E-state index >= 15 is 0 Å². The van der Waals surface area contributed by atoms with Gasteiger partial charge in [0.15, 0.2) is 5.82 Å². The first-order valence-corrected chi connectivity index (χ1v) is 6.03. The molecule has 1 N–H and O–H groups in total. The van der Waals surface area contributed by atoms with E-state index in [2.05, 4.69) is 25.4 Å². The maximum absolute atomic E-state index is 5.53. The first kappa shape index (κ1) is 11.4. The minimum absolute atomic E-state index is 0.277. The van der Waals surface area contributed by atoms with E-state index in [1.807, 2.05) is 17.6 Å². The summed E-state index contributed by atoms with van der Waals surface area (Å²) in [6.45, 7) is 3.11. The summed E-state index contributed by atoms with van der Waals surface area (Å²) in [5.74, 6) is 0.874. The number of fused-ring (bicyclic) bond motifs is 1. The lowest BCUT2D eigenvalue weighted by atomic mass is 10.2. The number of nitrogens with zero attached hydrogens (tertiary/aromatic N) is 5. The van der Waals surface area contributed by atoms with Crippen LogP contribution in [0.15, 0.2) is 18.7 Å². The van der Waals surface area contributed by atoms with E-state index in [0.717, 1.165) is 31.2 Å². The van der Waals surface area contributed by atoms with Gasteiger partial charge in [-0.25, -0.2) is 4.98 Å². The Morgan fingerprint density at radius 1 is 1.56 bits per heavy atom. The molecule has 0 saturated carbocycles. The van der Waals surface area contributed by atoms with Gasteiger partial charge < -0.3 is 15.0 Å². The summed E-state index contributed by atoms with van der Waals surface area (Å²) in [6, 6.07) is 0.277. The average molecular weight is 248 g/mol. The number of hydrogen-bond donors (Lipinski definition) is 1. The number of anilines is 1. The highest BCUT2D eigenvalue weighted by Gasteiger charge is 2.25. The van der Waals surface area contributed by atoms with Crippen molar-refractivity contribution in [3.63, 3.8) is 0 Å². The van der Waals surface area contributed by atoms with E-state index in [1.54, 1.807) is 12.5 Å². The quantitative estimate of drug-likeness (QED) is 0.793. The number of nitrogens with one attached hydrogen (secondary N) is 1. The Hall–Kier alpha value is -1.73. The lowest BCUT2D eigenvalue weighted by Gasteiger charge is -2.36. The van der Waals surface area contributed by atoms with Gasteiger partial charge in [-0.2, -0.15) is 0 Å². The lowest BCUT2D eigenvalue weighted by Crippen LogP contribution is -2.50. The third kappa shape index (κ3) is 1.91. The van der Waals surface area contributed by atoms with Crippen molar-refractivity contribution in [2.75, 3.05) is 38.3 Å². The highest BCUT2D eigenvalue weighted by atomic mass is 16.5. The standard InChI is InChI=1S/C11H16N6O/c1-12-6-9-7-18-5-4-17(9)10-11-15-14-8-16(11)3-2-13-10/h2-3,8-9,12H,4-7H2,1H3. The summed E-state index contributed by atoms with van der Waals surface area (Å²) in [5.41, 5.74) is 0.792. The Balaban J connectivity index is 1.98. The molecule has 0 spiro atoms. The zero-order chi connectivity index (χ0) is 12.4. The summed E-state index contributed by atoms with van der Waals surface area (Å²) in [4.78, 5) is 6.69. The molecule has 0 amide bonds. The van der Waals surface area contributed by atoms with E-state index in [4.69, 9.17) is 4.74 Å². The molecule has 7 heteroatoms. The number of morpholine rings is 1. The Bertz CT molecular complexity index is 525. The SMILES string of the molecule is CNCC1COCCN1c1nccn2cnnc12. The minimum Gasteiger partial charge on any atom is -0.377 e. The third-order valence-electron chi connectivity index (χ3n) is 3.14. The summed E-state index contributed by atoms with van der Waals surface area (Å²) < 4.78 is 7.41. The predicted octanol–water partition coefficient (Wildman–Crippen LogP) is -0.451. The fraction of sp³-hybridized carbons (Fsp3) is 0.545. The Kier molecular flexibility index (Phi) is 3.07. The average Bonchev–Trinajstić information content (AvgIpc) is 2.88. The van der Waals surface area contributed by atoms with Gasteiger partial charge in [-0.1, -0.05) is 0 Å². The van der Waals surface area contributed by atoms with Gasteiger partial charge >= 0.3 is 0 Å². The second-order valence-corrected chi connectivity index (χ2v) is 4.29. The molecule has 1 unspecified atom stereocenters. The highest BCUT2D eigenvalue weighted by molar-refractivity contribution is 5.64. The molecule has 3 rings (SSSR count). The first-order chi connectivity index (χ1) is 8.90. The molecule has 2 aromatic heterocycles. The predicted molar refractivity (Wildman–Crippen MR) is 66.7 cm³/mol. The van der Waals surface area contributed by atoms with Crippen molar-refractivity contribution >= 4 is 11.5 Å². The van der Waals surface area contributed by atoms with Crippen molar-refractivity contribution in [1.82, 2.24) is 24.9 Å². The zero-order valence-corrected chi connectivity index (χ0v) is 10.3. The third-order valence-corrected chi connectivity index (χ3v) is 3.14. The molecule has 0 aliphatic carbocycles. The van der Waals surface area contributed by atoms with E-state index in [9.17, 15) is 0 Å². The smallest absolute Gasteiger partial charge is 0.203 e. The molecule has 7 nitrogen and oxygen atoms in total. The molecule has 1 atom stereocenters. The maximum Gasteiger partial charge on any atom is 0.203 e. The summed E-state index contributed by atoms with van der Waals surface area (Å²) >= 11 is 0. The van der Waals surface area contributed by atoms with Crippen molar-refractivity contribution in [2.45, 2.75) is 6.04 Å². The number of aromatic nitrogens is 4. The fourth-order valence-corrected chi connectivity index (χ4v) is 2.29. The van der Waals surface area contributed by atoms with Gasteiger partial charge in [-0.05, 0) is 7.05 Å². The number of rotatable bonds is 3. The van der Waals surface area contributed by atoms with Crippen LogP contribution in [-0.2, 0) is 4.74 Å². The molecule has 96 valence electrons. The monoisotopic (exact) mass is 248 g/mol. The molecular weight excluding hydrogens is 232 g/mol. The normalized spacial score (nSPS) is 20.5. The molecule has 1 aliphatic heterocycles. The van der Waals surface area contributed by atoms with E-state index in [0.29, 0.717) is 6.61 Å². The van der Waals surface area contributed by atoms with Crippen LogP contribution >= 0.6 is 0 Å². The Labute approximate surface area is 105 Å². The maximum atomic E-state index is 5.53. The molecule has 2 aromatic rings. The minimum atomic E-state index is 0.277. The lowest BCUT2D eigenvalue weighted by molar-refractivity contribution is 0.0940. The van der Waals surface area contributed by atoms with Crippen molar-refractivity contribution in [3.8, 4) is 0 Å². The second-order valence-electron chi connectivity index (χ2n) is 4.29. The van der Waals surface area contributed by atoms with E-state index in [-0.39, 0.29) is 6.04 Å². The fourth-order valence-electron chi connectivity index (χ4n) is 2.29. The van der Waals surface area contributed by atoms with Gasteiger partial charge in [0.05, 0.1) is 19.3 Å². The summed E-state index contributed by atoms with van der Waals surface area (Å²) in [7, 11) is 1.94. The second kappa shape index (κ2) is 4.87. The van der Waals surface area contributed by atoms with Crippen molar-refractivity contribution in [1.29, 1.82) is 0 Å². The molecule has 0 radical (unpaired) electrons. The van der Waals surface area contributed by atoms with Crippen LogP contribution in [0.2, 0.25) is 0 Å². The summed E-state index contributed by atoms with van der Waals surface area (Å²) in [6.07, 6.45) is 5.32. The largest absolute Gasteiger partial charge is 0.377 e. The molecule has 0 bridgehead atoms. The zero-order valence-electron chi connectivity index (χ0n) is 10.3. The molecule has 18 heavy (non-hydrogen) atoms. The van der Waals surface area contributed by atoms with Crippen LogP contribution in [-0.4, -0.2) is 59.0 Å². The van der Waals surface area contributed by atoms with Crippen molar-refractivity contribution < 1.29 is 4.74 Å². The van der Waals surface area contributed by atoms with Crippen LogP contribution in [0.1, 0.15) is 0 Å². The van der Waals surface area contributed by atoms with Gasteiger partial charge in [0, 0.05) is 25.5 Å². The van der Waals surface area contributed by atoms with Crippen LogP contribution < -0.4 is 10.2 Å². The number of hydrogen-bond acceptors (Lipinski definition) is 6. The Morgan fingerprint density at radius 3 is 3.39 bits per heavy atom. The Morgan fingerprint density at radius 2 is 2.50 bits per heavy atom. The molecule has 0 aromatic carbocycles. The van der Waals surface area contributed by atoms with Gasteiger partial charge in [0.1, 0.15) is 6.33 Å².